The molecule has 0 radical (unpaired) electrons. The second-order valence-electron chi connectivity index (χ2n) is 5.25. The number of carbonyl (C=O) groups excluding carboxylic acids is 1. The van der Waals surface area contributed by atoms with E-state index in [1.165, 1.54) is 7.11 Å². The maximum Gasteiger partial charge on any atom is 0.305 e. The number of hydrogen-bond acceptors (Lipinski definition) is 4. The van der Waals surface area contributed by atoms with Gasteiger partial charge in [0.15, 0.2) is 0 Å². The number of nitrogens with zero attached hydrogens (tertiary/aromatic N) is 2. The monoisotopic (exact) mass is 302 g/mol. The van der Waals surface area contributed by atoms with Gasteiger partial charge < -0.3 is 14.4 Å². The van der Waals surface area contributed by atoms with Crippen LogP contribution in [0.2, 0.25) is 0 Å². The lowest BCUT2D eigenvalue weighted by Crippen LogP contribution is -2.01. The summed E-state index contributed by atoms with van der Waals surface area (Å²) in [4.78, 5) is 15.0. The number of esters is 1. The van der Waals surface area contributed by atoms with E-state index in [1.807, 2.05) is 35.0 Å². The lowest BCUT2D eigenvalue weighted by Gasteiger charge is -2.12. The molecule has 1 N–H and O–H groups in total. The number of hydrogen-bond donors (Lipinski definition) is 1. The highest BCUT2D eigenvalue weighted by atomic mass is 16.5. The number of unbranched alkanes of at least 4 members (excludes halogenated alkanes) is 2. The number of benzene rings is 1. The predicted molar refractivity (Wildman–Crippen MR) is 83.6 cm³/mol. The molecule has 0 amide bonds. The Kier molecular flexibility index (Phi) is 6.15. The third-order valence-corrected chi connectivity index (χ3v) is 3.67. The predicted octanol–water partition coefficient (Wildman–Crippen LogP) is 3.03. The molecule has 5 nitrogen and oxygen atoms in total. The molecule has 1 aromatic heterocycles. The van der Waals surface area contributed by atoms with E-state index in [0.29, 0.717) is 12.8 Å². The Balaban J connectivity index is 1.75. The minimum atomic E-state index is -0.463. The number of aromatic nitrogens is 2. The SMILES string of the molecule is COC(=O)CCCCCC(O)c1ccc(-n2ccnc2)cc1. The Hall–Kier alpha value is -2.14. The van der Waals surface area contributed by atoms with Crippen LogP contribution in [0.1, 0.15) is 43.8 Å². The van der Waals surface area contributed by atoms with Crippen molar-refractivity contribution in [3.63, 3.8) is 0 Å². The molecule has 0 aliphatic heterocycles. The van der Waals surface area contributed by atoms with Crippen LogP contribution in [0.3, 0.4) is 0 Å². The lowest BCUT2D eigenvalue weighted by atomic mass is 10.0. The van der Waals surface area contributed by atoms with Gasteiger partial charge >= 0.3 is 5.97 Å². The van der Waals surface area contributed by atoms with Crippen molar-refractivity contribution in [3.8, 4) is 5.69 Å². The molecule has 1 heterocycles. The first kappa shape index (κ1) is 16.2. The van der Waals surface area contributed by atoms with Crippen molar-refractivity contribution >= 4 is 5.97 Å². The summed E-state index contributed by atoms with van der Waals surface area (Å²) in [6.45, 7) is 0. The summed E-state index contributed by atoms with van der Waals surface area (Å²) in [5.74, 6) is -0.171. The summed E-state index contributed by atoms with van der Waals surface area (Å²) in [7, 11) is 1.40. The fourth-order valence-corrected chi connectivity index (χ4v) is 2.33. The van der Waals surface area contributed by atoms with Gasteiger partial charge in [0.1, 0.15) is 0 Å². The summed E-state index contributed by atoms with van der Waals surface area (Å²) in [5, 5.41) is 10.2. The van der Waals surface area contributed by atoms with Crippen molar-refractivity contribution in [1.29, 1.82) is 0 Å². The number of aliphatic hydroxyl groups excluding tert-OH is 1. The maximum absolute atomic E-state index is 11.0. The second-order valence-corrected chi connectivity index (χ2v) is 5.25. The smallest absolute Gasteiger partial charge is 0.305 e. The van der Waals surface area contributed by atoms with E-state index in [4.69, 9.17) is 0 Å². The van der Waals surface area contributed by atoms with E-state index in [0.717, 1.165) is 30.5 Å². The number of ether oxygens (including phenoxy) is 1. The van der Waals surface area contributed by atoms with Crippen LogP contribution in [-0.2, 0) is 9.53 Å². The molecule has 0 aliphatic carbocycles. The van der Waals surface area contributed by atoms with Crippen LogP contribution in [0.25, 0.3) is 5.69 Å². The summed E-state index contributed by atoms with van der Waals surface area (Å²) in [6, 6.07) is 7.82. The molecule has 0 saturated carbocycles. The molecule has 1 atom stereocenters. The number of imidazole rings is 1. The van der Waals surface area contributed by atoms with Gasteiger partial charge in [-0.1, -0.05) is 25.0 Å². The van der Waals surface area contributed by atoms with E-state index >= 15 is 0 Å². The third kappa shape index (κ3) is 4.70. The Morgan fingerprint density at radius 1 is 1.27 bits per heavy atom. The van der Waals surface area contributed by atoms with Crippen LogP contribution >= 0.6 is 0 Å². The molecule has 0 fully saturated rings. The van der Waals surface area contributed by atoms with Gasteiger partial charge in [-0.25, -0.2) is 4.98 Å². The first-order valence-corrected chi connectivity index (χ1v) is 7.54. The fourth-order valence-electron chi connectivity index (χ4n) is 2.33. The molecule has 0 bridgehead atoms. The molecule has 22 heavy (non-hydrogen) atoms. The highest BCUT2D eigenvalue weighted by Crippen LogP contribution is 2.21. The van der Waals surface area contributed by atoms with Gasteiger partial charge in [0.2, 0.25) is 0 Å². The van der Waals surface area contributed by atoms with Crippen LogP contribution in [0, 0.1) is 0 Å². The quantitative estimate of drug-likeness (QED) is 0.601. The first-order valence-electron chi connectivity index (χ1n) is 7.54. The average molecular weight is 302 g/mol. The second kappa shape index (κ2) is 8.34. The number of carbonyl (C=O) groups is 1. The molecule has 0 saturated heterocycles. The van der Waals surface area contributed by atoms with Gasteiger partial charge in [-0.05, 0) is 30.5 Å². The normalized spacial score (nSPS) is 12.1. The Bertz CT molecular complexity index is 564. The molecule has 0 spiro atoms. The van der Waals surface area contributed by atoms with Gasteiger partial charge in [0.25, 0.3) is 0 Å². The van der Waals surface area contributed by atoms with Crippen molar-refractivity contribution in [2.45, 2.75) is 38.2 Å². The molecular weight excluding hydrogens is 280 g/mol. The van der Waals surface area contributed by atoms with Crippen LogP contribution < -0.4 is 0 Å². The molecule has 1 aromatic carbocycles. The van der Waals surface area contributed by atoms with E-state index < -0.39 is 6.10 Å². The number of rotatable bonds is 8. The Morgan fingerprint density at radius 2 is 2.05 bits per heavy atom. The molecular formula is C17H22N2O3. The van der Waals surface area contributed by atoms with Crippen LogP contribution in [0.4, 0.5) is 0 Å². The molecule has 5 heteroatoms. The minimum Gasteiger partial charge on any atom is -0.469 e. The van der Waals surface area contributed by atoms with E-state index in [-0.39, 0.29) is 5.97 Å². The number of aliphatic hydroxyl groups is 1. The third-order valence-electron chi connectivity index (χ3n) is 3.67. The zero-order chi connectivity index (χ0) is 15.8. The highest BCUT2D eigenvalue weighted by molar-refractivity contribution is 5.68. The zero-order valence-electron chi connectivity index (χ0n) is 12.8. The van der Waals surface area contributed by atoms with Gasteiger partial charge in [-0.3, -0.25) is 4.79 Å². The summed E-state index contributed by atoms with van der Waals surface area (Å²) in [6.07, 6.45) is 8.66. The maximum atomic E-state index is 11.0. The van der Waals surface area contributed by atoms with Crippen LogP contribution in [0.15, 0.2) is 43.0 Å². The molecule has 2 rings (SSSR count). The Labute approximate surface area is 130 Å². The van der Waals surface area contributed by atoms with Crippen molar-refractivity contribution in [2.24, 2.45) is 0 Å². The highest BCUT2D eigenvalue weighted by Gasteiger charge is 2.08. The first-order chi connectivity index (χ1) is 10.7. The summed E-state index contributed by atoms with van der Waals surface area (Å²) in [5.41, 5.74) is 1.93. The standard InChI is InChI=1S/C17H22N2O3/c1-22-17(21)6-4-2-3-5-16(20)14-7-9-15(10-8-14)19-12-11-18-13-19/h7-13,16,20H,2-6H2,1H3. The van der Waals surface area contributed by atoms with E-state index in [1.54, 1.807) is 12.5 Å². The van der Waals surface area contributed by atoms with Crippen molar-refractivity contribution in [3.05, 3.63) is 48.5 Å². The summed E-state index contributed by atoms with van der Waals surface area (Å²) < 4.78 is 6.51. The van der Waals surface area contributed by atoms with Gasteiger partial charge in [-0.15, -0.1) is 0 Å². The minimum absolute atomic E-state index is 0.171. The number of methoxy groups -OCH3 is 1. The lowest BCUT2D eigenvalue weighted by molar-refractivity contribution is -0.140. The molecule has 2 aromatic rings. The van der Waals surface area contributed by atoms with E-state index in [2.05, 4.69) is 9.72 Å². The molecule has 0 aliphatic rings. The van der Waals surface area contributed by atoms with Crippen molar-refractivity contribution < 1.29 is 14.6 Å². The summed E-state index contributed by atoms with van der Waals surface area (Å²) >= 11 is 0. The van der Waals surface area contributed by atoms with Crippen molar-refractivity contribution in [2.75, 3.05) is 7.11 Å². The zero-order valence-corrected chi connectivity index (χ0v) is 12.8. The van der Waals surface area contributed by atoms with E-state index in [9.17, 15) is 9.90 Å². The molecule has 118 valence electrons. The van der Waals surface area contributed by atoms with Crippen molar-refractivity contribution in [1.82, 2.24) is 9.55 Å². The Morgan fingerprint density at radius 3 is 2.68 bits per heavy atom. The topological polar surface area (TPSA) is 64.3 Å². The van der Waals surface area contributed by atoms with Crippen LogP contribution in [0.5, 0.6) is 0 Å². The van der Waals surface area contributed by atoms with Gasteiger partial charge in [0.05, 0.1) is 19.5 Å². The fraction of sp³-hybridized carbons (Fsp3) is 0.412. The van der Waals surface area contributed by atoms with Gasteiger partial charge in [0, 0.05) is 24.5 Å². The average Bonchev–Trinajstić information content (AvgIpc) is 3.08. The largest absolute Gasteiger partial charge is 0.469 e. The van der Waals surface area contributed by atoms with Crippen LogP contribution in [-0.4, -0.2) is 27.7 Å². The van der Waals surface area contributed by atoms with Gasteiger partial charge in [-0.2, -0.15) is 0 Å². The molecule has 1 unspecified atom stereocenters.